The van der Waals surface area contributed by atoms with Crippen LogP contribution in [0.3, 0.4) is 0 Å². The molecule has 1 aromatic carbocycles. The summed E-state index contributed by atoms with van der Waals surface area (Å²) < 4.78 is 18.8. The van der Waals surface area contributed by atoms with Gasteiger partial charge in [-0.05, 0) is 42.6 Å². The first-order chi connectivity index (χ1) is 11.1. The summed E-state index contributed by atoms with van der Waals surface area (Å²) in [6, 6.07) is 7.85. The number of aromatic nitrogens is 1. The molecule has 0 fully saturated rings. The monoisotopic (exact) mass is 331 g/mol. The Morgan fingerprint density at radius 1 is 1.17 bits per heavy atom. The van der Waals surface area contributed by atoms with Gasteiger partial charge in [0.25, 0.3) is 0 Å². The highest BCUT2D eigenvalue weighted by Gasteiger charge is 2.17. The van der Waals surface area contributed by atoms with Crippen LogP contribution >= 0.6 is 11.3 Å². The molecule has 0 radical (unpaired) electrons. The summed E-state index contributed by atoms with van der Waals surface area (Å²) in [5, 5.41) is 3.88. The molecule has 2 aromatic heterocycles. The SMILES string of the molecule is CC.CC(=O)Cc1nc(-c2ccc(F)cc2)oc1-c1ccsc1. The first-order valence-electron chi connectivity index (χ1n) is 7.41. The Balaban J connectivity index is 0.000000924. The number of Topliss-reactive ketones (excluding diaryl/α,β-unsaturated/α-hetero) is 1. The van der Waals surface area contributed by atoms with Crippen molar-refractivity contribution >= 4 is 17.1 Å². The molecular formula is C18H18FNO2S. The lowest BCUT2D eigenvalue weighted by molar-refractivity contribution is -0.116. The molecule has 0 aliphatic carbocycles. The van der Waals surface area contributed by atoms with Crippen molar-refractivity contribution in [3.8, 4) is 22.8 Å². The molecule has 0 aliphatic heterocycles. The highest BCUT2D eigenvalue weighted by molar-refractivity contribution is 7.08. The van der Waals surface area contributed by atoms with Crippen LogP contribution in [0.15, 0.2) is 45.5 Å². The number of nitrogens with zero attached hydrogens (tertiary/aromatic N) is 1. The zero-order valence-corrected chi connectivity index (χ0v) is 14.1. The largest absolute Gasteiger partial charge is 0.436 e. The van der Waals surface area contributed by atoms with Crippen LogP contribution in [0.2, 0.25) is 0 Å². The van der Waals surface area contributed by atoms with Gasteiger partial charge in [0.05, 0.1) is 12.1 Å². The highest BCUT2D eigenvalue weighted by atomic mass is 32.1. The van der Waals surface area contributed by atoms with E-state index in [-0.39, 0.29) is 18.0 Å². The van der Waals surface area contributed by atoms with Gasteiger partial charge in [-0.2, -0.15) is 11.3 Å². The van der Waals surface area contributed by atoms with Gasteiger partial charge >= 0.3 is 0 Å². The first kappa shape index (κ1) is 17.1. The molecule has 3 nitrogen and oxygen atoms in total. The van der Waals surface area contributed by atoms with E-state index >= 15 is 0 Å². The van der Waals surface area contributed by atoms with E-state index < -0.39 is 0 Å². The number of carbonyl (C=O) groups is 1. The van der Waals surface area contributed by atoms with Gasteiger partial charge in [-0.25, -0.2) is 9.37 Å². The van der Waals surface area contributed by atoms with Crippen LogP contribution in [0.4, 0.5) is 4.39 Å². The molecule has 0 bridgehead atoms. The molecule has 0 aliphatic rings. The van der Waals surface area contributed by atoms with Gasteiger partial charge in [-0.1, -0.05) is 13.8 Å². The Kier molecular flexibility index (Phi) is 5.82. The Morgan fingerprint density at radius 2 is 1.87 bits per heavy atom. The van der Waals surface area contributed by atoms with E-state index in [1.54, 1.807) is 23.5 Å². The molecule has 0 saturated heterocycles. The minimum Gasteiger partial charge on any atom is -0.436 e. The van der Waals surface area contributed by atoms with Crippen molar-refractivity contribution in [1.82, 2.24) is 4.98 Å². The molecule has 0 amide bonds. The second-order valence-electron chi connectivity index (χ2n) is 4.69. The Hall–Kier alpha value is -2.27. The van der Waals surface area contributed by atoms with Crippen molar-refractivity contribution in [3.05, 3.63) is 52.6 Å². The number of oxazole rings is 1. The maximum Gasteiger partial charge on any atom is 0.227 e. The van der Waals surface area contributed by atoms with Gasteiger partial charge < -0.3 is 4.42 Å². The minimum atomic E-state index is -0.313. The number of hydrogen-bond acceptors (Lipinski definition) is 4. The number of rotatable bonds is 4. The topological polar surface area (TPSA) is 43.1 Å². The standard InChI is InChI=1S/C16H12FNO2S.C2H6/c1-10(19)8-14-15(12-6-7-21-9-12)20-16(18-14)11-2-4-13(17)5-3-11;1-2/h2-7,9H,8H2,1H3;1-2H3. The van der Waals surface area contributed by atoms with Crippen molar-refractivity contribution < 1.29 is 13.6 Å². The van der Waals surface area contributed by atoms with Gasteiger partial charge in [0.15, 0.2) is 5.76 Å². The van der Waals surface area contributed by atoms with Crippen LogP contribution in [0.1, 0.15) is 26.5 Å². The number of carbonyl (C=O) groups excluding carboxylic acids is 1. The minimum absolute atomic E-state index is 0.0189. The molecule has 3 rings (SSSR count). The molecule has 0 saturated carbocycles. The predicted octanol–water partition coefficient (Wildman–Crippen LogP) is 5.37. The average Bonchev–Trinajstić information content (AvgIpc) is 3.19. The van der Waals surface area contributed by atoms with Gasteiger partial charge in [0, 0.05) is 16.5 Å². The Bertz CT molecular complexity index is 761. The molecule has 2 heterocycles. The number of halogens is 1. The van der Waals surface area contributed by atoms with Crippen LogP contribution in [0, 0.1) is 5.82 Å². The van der Waals surface area contributed by atoms with Crippen LogP contribution in [-0.2, 0) is 11.2 Å². The van der Waals surface area contributed by atoms with Crippen molar-refractivity contribution in [2.75, 3.05) is 0 Å². The van der Waals surface area contributed by atoms with Crippen LogP contribution in [0.5, 0.6) is 0 Å². The summed E-state index contributed by atoms with van der Waals surface area (Å²) >= 11 is 1.55. The van der Waals surface area contributed by atoms with Gasteiger partial charge in [0.2, 0.25) is 5.89 Å². The summed E-state index contributed by atoms with van der Waals surface area (Å²) in [5.41, 5.74) is 2.19. The maximum atomic E-state index is 13.0. The molecule has 0 atom stereocenters. The summed E-state index contributed by atoms with van der Waals surface area (Å²) in [4.78, 5) is 15.8. The summed E-state index contributed by atoms with van der Waals surface area (Å²) in [6.07, 6.45) is 0.218. The van der Waals surface area contributed by atoms with Crippen LogP contribution in [-0.4, -0.2) is 10.8 Å². The molecule has 23 heavy (non-hydrogen) atoms. The lowest BCUT2D eigenvalue weighted by Crippen LogP contribution is -1.98. The summed E-state index contributed by atoms with van der Waals surface area (Å²) in [6.45, 7) is 5.52. The lowest BCUT2D eigenvalue weighted by atomic mass is 10.1. The normalized spacial score (nSPS) is 10.1. The zero-order chi connectivity index (χ0) is 16.8. The van der Waals surface area contributed by atoms with E-state index in [0.29, 0.717) is 22.9 Å². The van der Waals surface area contributed by atoms with Gasteiger partial charge in [-0.3, -0.25) is 4.79 Å². The molecular weight excluding hydrogens is 313 g/mol. The van der Waals surface area contributed by atoms with E-state index in [4.69, 9.17) is 4.42 Å². The molecule has 0 spiro atoms. The first-order valence-corrected chi connectivity index (χ1v) is 8.35. The second kappa shape index (κ2) is 7.83. The average molecular weight is 331 g/mol. The van der Waals surface area contributed by atoms with Crippen LogP contribution in [0.25, 0.3) is 22.8 Å². The third-order valence-corrected chi connectivity index (χ3v) is 3.67. The summed E-state index contributed by atoms with van der Waals surface area (Å²) in [5.74, 6) is 0.705. The van der Waals surface area contributed by atoms with Crippen molar-refractivity contribution in [1.29, 1.82) is 0 Å². The number of thiophene rings is 1. The predicted molar refractivity (Wildman–Crippen MR) is 90.9 cm³/mol. The second-order valence-corrected chi connectivity index (χ2v) is 5.47. The van der Waals surface area contributed by atoms with Crippen molar-refractivity contribution in [2.24, 2.45) is 0 Å². The fourth-order valence-corrected chi connectivity index (χ4v) is 2.68. The Morgan fingerprint density at radius 3 is 2.43 bits per heavy atom. The van der Waals surface area contributed by atoms with E-state index in [2.05, 4.69) is 4.98 Å². The van der Waals surface area contributed by atoms with E-state index in [1.165, 1.54) is 19.1 Å². The smallest absolute Gasteiger partial charge is 0.227 e. The summed E-state index contributed by atoms with van der Waals surface area (Å²) in [7, 11) is 0. The van der Waals surface area contributed by atoms with E-state index in [1.807, 2.05) is 30.7 Å². The molecule has 3 aromatic rings. The highest BCUT2D eigenvalue weighted by Crippen LogP contribution is 2.31. The van der Waals surface area contributed by atoms with Gasteiger partial charge in [-0.15, -0.1) is 0 Å². The third-order valence-electron chi connectivity index (χ3n) is 2.99. The van der Waals surface area contributed by atoms with Gasteiger partial charge in [0.1, 0.15) is 11.6 Å². The van der Waals surface area contributed by atoms with Crippen molar-refractivity contribution in [2.45, 2.75) is 27.2 Å². The number of benzene rings is 1. The van der Waals surface area contributed by atoms with Crippen LogP contribution < -0.4 is 0 Å². The zero-order valence-electron chi connectivity index (χ0n) is 13.3. The van der Waals surface area contributed by atoms with E-state index in [0.717, 1.165) is 5.56 Å². The molecule has 5 heteroatoms. The lowest BCUT2D eigenvalue weighted by Gasteiger charge is -1.95. The maximum absolute atomic E-state index is 13.0. The third kappa shape index (κ3) is 4.13. The number of hydrogen-bond donors (Lipinski definition) is 0. The number of ketones is 1. The van der Waals surface area contributed by atoms with Crippen molar-refractivity contribution in [3.63, 3.8) is 0 Å². The molecule has 0 N–H and O–H groups in total. The quantitative estimate of drug-likeness (QED) is 0.646. The molecule has 0 unspecified atom stereocenters. The fraction of sp³-hybridized carbons (Fsp3) is 0.222. The fourth-order valence-electron chi connectivity index (χ4n) is 2.04. The molecule has 120 valence electrons. The van der Waals surface area contributed by atoms with E-state index in [9.17, 15) is 9.18 Å². The Labute approximate surface area is 138 Å².